The topological polar surface area (TPSA) is 72.3 Å². The van der Waals surface area contributed by atoms with Gasteiger partial charge in [-0.05, 0) is 69.9 Å². The molecule has 120 valence electrons. The molecule has 2 saturated carbocycles. The SMILES string of the molecule is NC(=O)C1(N)CCCC1CCN1CCCC2CCCCC21. The van der Waals surface area contributed by atoms with Crippen molar-refractivity contribution in [2.75, 3.05) is 13.1 Å². The molecule has 0 spiro atoms. The first-order valence-electron chi connectivity index (χ1n) is 8.94. The van der Waals surface area contributed by atoms with E-state index >= 15 is 0 Å². The highest BCUT2D eigenvalue weighted by molar-refractivity contribution is 5.85. The molecule has 1 heterocycles. The molecule has 3 rings (SSSR count). The van der Waals surface area contributed by atoms with Gasteiger partial charge >= 0.3 is 0 Å². The third-order valence-electron chi connectivity index (χ3n) is 6.45. The fraction of sp³-hybridized carbons (Fsp3) is 0.941. The van der Waals surface area contributed by atoms with Crippen LogP contribution in [0.15, 0.2) is 0 Å². The number of carbonyl (C=O) groups excluding carboxylic acids is 1. The van der Waals surface area contributed by atoms with E-state index in [4.69, 9.17) is 11.5 Å². The van der Waals surface area contributed by atoms with Gasteiger partial charge in [0.1, 0.15) is 0 Å². The van der Waals surface area contributed by atoms with Gasteiger partial charge in [-0.1, -0.05) is 19.3 Å². The Hall–Kier alpha value is -0.610. The number of hydrogen-bond acceptors (Lipinski definition) is 3. The molecule has 4 N–H and O–H groups in total. The second kappa shape index (κ2) is 6.25. The lowest BCUT2D eigenvalue weighted by Crippen LogP contribution is -2.55. The minimum atomic E-state index is -0.734. The minimum absolute atomic E-state index is 0.291. The normalized spacial score (nSPS) is 40.9. The number of nitrogens with two attached hydrogens (primary N) is 2. The van der Waals surface area contributed by atoms with Crippen LogP contribution in [-0.4, -0.2) is 35.5 Å². The van der Waals surface area contributed by atoms with Crippen LogP contribution in [0.3, 0.4) is 0 Å². The van der Waals surface area contributed by atoms with Gasteiger partial charge in [-0.25, -0.2) is 0 Å². The van der Waals surface area contributed by atoms with Crippen molar-refractivity contribution in [3.05, 3.63) is 0 Å². The van der Waals surface area contributed by atoms with Crippen molar-refractivity contribution in [1.82, 2.24) is 4.90 Å². The maximum Gasteiger partial charge on any atom is 0.237 e. The van der Waals surface area contributed by atoms with Crippen molar-refractivity contribution < 1.29 is 4.79 Å². The molecule has 1 aliphatic heterocycles. The number of rotatable bonds is 4. The van der Waals surface area contributed by atoms with Gasteiger partial charge in [0.25, 0.3) is 0 Å². The molecule has 4 heteroatoms. The predicted molar refractivity (Wildman–Crippen MR) is 84.6 cm³/mol. The van der Waals surface area contributed by atoms with Crippen molar-refractivity contribution in [2.45, 2.75) is 75.8 Å². The zero-order chi connectivity index (χ0) is 14.9. The molecular weight excluding hydrogens is 262 g/mol. The second-order valence-corrected chi connectivity index (χ2v) is 7.57. The molecule has 2 aliphatic carbocycles. The molecule has 0 aromatic rings. The Morgan fingerprint density at radius 2 is 1.86 bits per heavy atom. The second-order valence-electron chi connectivity index (χ2n) is 7.57. The molecule has 4 unspecified atom stereocenters. The summed E-state index contributed by atoms with van der Waals surface area (Å²) in [6.07, 6.45) is 12.3. The molecule has 1 saturated heterocycles. The number of nitrogens with zero attached hydrogens (tertiary/aromatic N) is 1. The van der Waals surface area contributed by atoms with Gasteiger partial charge in [-0.3, -0.25) is 4.79 Å². The monoisotopic (exact) mass is 293 g/mol. The van der Waals surface area contributed by atoms with E-state index in [1.54, 1.807) is 0 Å². The molecule has 3 aliphatic rings. The highest BCUT2D eigenvalue weighted by atomic mass is 16.1. The highest BCUT2D eigenvalue weighted by Gasteiger charge is 2.44. The Morgan fingerprint density at radius 1 is 1.10 bits per heavy atom. The van der Waals surface area contributed by atoms with Gasteiger partial charge in [0.05, 0.1) is 5.54 Å². The number of likely N-dealkylation sites (tertiary alicyclic amines) is 1. The fourth-order valence-corrected chi connectivity index (χ4v) is 5.16. The first kappa shape index (κ1) is 15.3. The van der Waals surface area contributed by atoms with Crippen molar-refractivity contribution in [1.29, 1.82) is 0 Å². The Labute approximate surface area is 128 Å². The summed E-state index contributed by atoms with van der Waals surface area (Å²) >= 11 is 0. The average Bonchev–Trinajstić information content (AvgIpc) is 2.87. The fourth-order valence-electron chi connectivity index (χ4n) is 5.16. The van der Waals surface area contributed by atoms with E-state index < -0.39 is 5.54 Å². The zero-order valence-electron chi connectivity index (χ0n) is 13.2. The Kier molecular flexibility index (Phi) is 4.55. The average molecular weight is 293 g/mol. The van der Waals surface area contributed by atoms with Gasteiger partial charge in [-0.15, -0.1) is 0 Å². The van der Waals surface area contributed by atoms with E-state index in [2.05, 4.69) is 4.90 Å². The molecule has 0 radical (unpaired) electrons. The van der Waals surface area contributed by atoms with Crippen LogP contribution < -0.4 is 11.5 Å². The van der Waals surface area contributed by atoms with Crippen molar-refractivity contribution >= 4 is 5.91 Å². The molecule has 0 bridgehead atoms. The maximum absolute atomic E-state index is 11.7. The lowest BCUT2D eigenvalue weighted by Gasteiger charge is -2.45. The number of piperidine rings is 1. The number of carbonyl (C=O) groups is 1. The Morgan fingerprint density at radius 3 is 2.67 bits per heavy atom. The quantitative estimate of drug-likeness (QED) is 0.833. The lowest BCUT2D eigenvalue weighted by atomic mass is 9.78. The van der Waals surface area contributed by atoms with E-state index in [9.17, 15) is 4.79 Å². The molecule has 0 aromatic heterocycles. The maximum atomic E-state index is 11.7. The predicted octanol–water partition coefficient (Wildman–Crippen LogP) is 2.01. The summed E-state index contributed by atoms with van der Waals surface area (Å²) in [6.45, 7) is 2.35. The van der Waals surface area contributed by atoms with Gasteiger partial charge < -0.3 is 16.4 Å². The largest absolute Gasteiger partial charge is 0.368 e. The van der Waals surface area contributed by atoms with Crippen LogP contribution in [0.1, 0.15) is 64.2 Å². The summed E-state index contributed by atoms with van der Waals surface area (Å²) in [5.41, 5.74) is 11.1. The van der Waals surface area contributed by atoms with Crippen LogP contribution in [0.25, 0.3) is 0 Å². The van der Waals surface area contributed by atoms with Gasteiger partial charge in [-0.2, -0.15) is 0 Å². The van der Waals surface area contributed by atoms with Crippen molar-refractivity contribution in [2.24, 2.45) is 23.3 Å². The van der Waals surface area contributed by atoms with Crippen LogP contribution in [-0.2, 0) is 4.79 Å². The molecule has 21 heavy (non-hydrogen) atoms. The lowest BCUT2D eigenvalue weighted by molar-refractivity contribution is -0.124. The summed E-state index contributed by atoms with van der Waals surface area (Å²) in [5.74, 6) is 0.924. The smallest absolute Gasteiger partial charge is 0.237 e. The van der Waals surface area contributed by atoms with Gasteiger partial charge in [0.15, 0.2) is 0 Å². The molecule has 3 fully saturated rings. The van der Waals surface area contributed by atoms with Crippen LogP contribution in [0.4, 0.5) is 0 Å². The van der Waals surface area contributed by atoms with Crippen LogP contribution in [0.5, 0.6) is 0 Å². The summed E-state index contributed by atoms with van der Waals surface area (Å²) < 4.78 is 0. The first-order valence-corrected chi connectivity index (χ1v) is 8.94. The Bertz CT molecular complexity index is 384. The first-order chi connectivity index (χ1) is 10.1. The molecule has 4 nitrogen and oxygen atoms in total. The third kappa shape index (κ3) is 2.98. The van der Waals surface area contributed by atoms with E-state index in [-0.39, 0.29) is 5.91 Å². The van der Waals surface area contributed by atoms with Crippen molar-refractivity contribution in [3.8, 4) is 0 Å². The van der Waals surface area contributed by atoms with Gasteiger partial charge in [0, 0.05) is 6.04 Å². The van der Waals surface area contributed by atoms with E-state index in [0.717, 1.165) is 44.2 Å². The van der Waals surface area contributed by atoms with Crippen molar-refractivity contribution in [3.63, 3.8) is 0 Å². The molecule has 1 amide bonds. The van der Waals surface area contributed by atoms with E-state index in [1.807, 2.05) is 0 Å². The minimum Gasteiger partial charge on any atom is -0.368 e. The number of fused-ring (bicyclic) bond motifs is 1. The van der Waals surface area contributed by atoms with Crippen LogP contribution in [0.2, 0.25) is 0 Å². The Balaban J connectivity index is 1.58. The van der Waals surface area contributed by atoms with E-state index in [1.165, 1.54) is 45.1 Å². The number of amides is 1. The molecule has 4 atom stereocenters. The molecule has 0 aromatic carbocycles. The summed E-state index contributed by atoms with van der Waals surface area (Å²) in [6, 6.07) is 0.801. The summed E-state index contributed by atoms with van der Waals surface area (Å²) in [7, 11) is 0. The standard InChI is InChI=1S/C17H31N3O/c18-16(21)17(19)10-3-7-14(17)9-12-20-11-4-6-13-5-1-2-8-15(13)20/h13-15H,1-12,19H2,(H2,18,21). The summed E-state index contributed by atoms with van der Waals surface area (Å²) in [4.78, 5) is 14.4. The zero-order valence-corrected chi connectivity index (χ0v) is 13.2. The number of primary amides is 1. The highest BCUT2D eigenvalue weighted by Crippen LogP contribution is 2.38. The summed E-state index contributed by atoms with van der Waals surface area (Å²) in [5, 5.41) is 0. The van der Waals surface area contributed by atoms with Gasteiger partial charge in [0.2, 0.25) is 5.91 Å². The number of hydrogen-bond donors (Lipinski definition) is 2. The van der Waals surface area contributed by atoms with E-state index in [0.29, 0.717) is 5.92 Å². The molecular formula is C17H31N3O. The van der Waals surface area contributed by atoms with Crippen LogP contribution >= 0.6 is 0 Å². The third-order valence-corrected chi connectivity index (χ3v) is 6.45. The van der Waals surface area contributed by atoms with Crippen LogP contribution in [0, 0.1) is 11.8 Å².